The molecule has 4 rings (SSSR count). The van der Waals surface area contributed by atoms with Crippen LogP contribution in [0.4, 0.5) is 17.3 Å². The molecule has 2 heterocycles. The summed E-state index contributed by atoms with van der Waals surface area (Å²) in [5.74, 6) is 1.38. The van der Waals surface area contributed by atoms with E-state index in [1.807, 2.05) is 13.0 Å². The van der Waals surface area contributed by atoms with Gasteiger partial charge in [-0.1, -0.05) is 18.1 Å². The van der Waals surface area contributed by atoms with Crippen molar-refractivity contribution in [1.29, 1.82) is 0 Å². The van der Waals surface area contributed by atoms with Crippen LogP contribution in [0.5, 0.6) is 17.2 Å². The van der Waals surface area contributed by atoms with Crippen molar-refractivity contribution in [2.45, 2.75) is 18.2 Å². The fourth-order valence-electron chi connectivity index (χ4n) is 3.32. The van der Waals surface area contributed by atoms with Crippen LogP contribution in [0, 0.1) is 0 Å². The van der Waals surface area contributed by atoms with Crippen molar-refractivity contribution in [3.63, 3.8) is 0 Å². The average Bonchev–Trinajstić information content (AvgIpc) is 3.44. The van der Waals surface area contributed by atoms with Crippen molar-refractivity contribution in [2.24, 2.45) is 0 Å². The van der Waals surface area contributed by atoms with Gasteiger partial charge in [-0.3, -0.25) is 9.82 Å². The van der Waals surface area contributed by atoms with Crippen LogP contribution in [0.3, 0.4) is 0 Å². The summed E-state index contributed by atoms with van der Waals surface area (Å²) in [5, 5.41) is 14.6. The number of hydrogen-bond donors (Lipinski definition) is 3. The first kappa shape index (κ1) is 22.3. The van der Waals surface area contributed by atoms with Gasteiger partial charge in [0.1, 0.15) is 23.1 Å². The minimum atomic E-state index is -4.13. The topological polar surface area (TPSA) is 141 Å². The van der Waals surface area contributed by atoms with E-state index >= 15 is 0 Å². The molecule has 0 fully saturated rings. The molecule has 0 aliphatic carbocycles. The standard InChI is InChI=1S/C21H23N5O6S/c1-5-12-9-19(24-23-12)22-14-11-17-13(10-18(14)31-4)21(25-32-17)26-33(27,28)20-15(29-2)7-6-8-16(20)30-3/h6-11H,5H2,1-4H3,(H,25,26)(H2,22,23,24). The maximum atomic E-state index is 13.2. The quantitative estimate of drug-likeness (QED) is 0.332. The number of nitrogens with zero attached hydrogens (tertiary/aromatic N) is 2. The van der Waals surface area contributed by atoms with E-state index in [4.69, 9.17) is 18.7 Å². The number of rotatable bonds is 9. The van der Waals surface area contributed by atoms with Crippen LogP contribution >= 0.6 is 0 Å². The van der Waals surface area contributed by atoms with Gasteiger partial charge in [0.15, 0.2) is 16.3 Å². The van der Waals surface area contributed by atoms with E-state index in [1.165, 1.54) is 33.5 Å². The first-order valence-corrected chi connectivity index (χ1v) is 11.4. The molecule has 11 nitrogen and oxygen atoms in total. The molecule has 2 aromatic heterocycles. The second kappa shape index (κ2) is 8.90. The molecular weight excluding hydrogens is 450 g/mol. The number of nitrogens with one attached hydrogen (secondary N) is 3. The fourth-order valence-corrected chi connectivity index (χ4v) is 4.65. The molecule has 33 heavy (non-hydrogen) atoms. The minimum absolute atomic E-state index is 0.00220. The summed E-state index contributed by atoms with van der Waals surface area (Å²) in [4.78, 5) is -0.151. The molecule has 0 saturated heterocycles. The fraction of sp³-hybridized carbons (Fsp3) is 0.238. The molecule has 0 aliphatic rings. The molecule has 0 radical (unpaired) electrons. The van der Waals surface area contributed by atoms with Gasteiger partial charge in [-0.05, 0) is 24.6 Å². The Morgan fingerprint density at radius 1 is 1.03 bits per heavy atom. The summed E-state index contributed by atoms with van der Waals surface area (Å²) in [7, 11) is 0.131. The van der Waals surface area contributed by atoms with E-state index in [2.05, 4.69) is 25.4 Å². The van der Waals surface area contributed by atoms with Crippen LogP contribution in [0.15, 0.2) is 45.8 Å². The number of H-pyrrole nitrogens is 1. The van der Waals surface area contributed by atoms with Gasteiger partial charge in [0, 0.05) is 12.1 Å². The lowest BCUT2D eigenvalue weighted by Crippen LogP contribution is -2.15. The number of aromatic amines is 1. The van der Waals surface area contributed by atoms with Crippen LogP contribution in [0.25, 0.3) is 11.0 Å². The Kier molecular flexibility index (Phi) is 6.01. The lowest BCUT2D eigenvalue weighted by Gasteiger charge is -2.14. The molecule has 0 atom stereocenters. The summed E-state index contributed by atoms with van der Waals surface area (Å²) in [5.41, 5.74) is 1.84. The van der Waals surface area contributed by atoms with Crippen molar-refractivity contribution < 1.29 is 27.2 Å². The number of hydrogen-bond acceptors (Lipinski definition) is 9. The SMILES string of the molecule is CCc1cc(Nc2cc3onc(NS(=O)(=O)c4c(OC)cccc4OC)c3cc2OC)[nH]n1. The normalized spacial score (nSPS) is 11.4. The number of aryl methyl sites for hydroxylation is 1. The Morgan fingerprint density at radius 3 is 2.33 bits per heavy atom. The molecular formula is C21H23N5O6S. The second-order valence-corrected chi connectivity index (χ2v) is 8.55. The zero-order valence-corrected chi connectivity index (χ0v) is 19.2. The summed E-state index contributed by atoms with van der Waals surface area (Å²) in [6.45, 7) is 2.00. The molecule has 0 amide bonds. The second-order valence-electron chi connectivity index (χ2n) is 6.93. The lowest BCUT2D eigenvalue weighted by atomic mass is 10.2. The third-order valence-corrected chi connectivity index (χ3v) is 6.34. The summed E-state index contributed by atoms with van der Waals surface area (Å²) >= 11 is 0. The zero-order valence-electron chi connectivity index (χ0n) is 18.4. The van der Waals surface area contributed by atoms with E-state index in [1.54, 1.807) is 18.2 Å². The van der Waals surface area contributed by atoms with Gasteiger partial charge < -0.3 is 24.1 Å². The monoisotopic (exact) mass is 473 g/mol. The number of benzene rings is 2. The summed E-state index contributed by atoms with van der Waals surface area (Å²) in [6.07, 6.45) is 0.789. The molecule has 0 bridgehead atoms. The molecule has 0 unspecified atom stereocenters. The van der Waals surface area contributed by atoms with Gasteiger partial charge in [0.25, 0.3) is 10.0 Å². The van der Waals surface area contributed by atoms with Crippen LogP contribution in [-0.4, -0.2) is 45.1 Å². The lowest BCUT2D eigenvalue weighted by molar-refractivity contribution is 0.373. The number of ether oxygens (including phenoxy) is 3. The largest absolute Gasteiger partial charge is 0.495 e. The van der Waals surface area contributed by atoms with Gasteiger partial charge in [-0.15, -0.1) is 0 Å². The number of anilines is 3. The number of aromatic nitrogens is 3. The van der Waals surface area contributed by atoms with E-state index < -0.39 is 10.0 Å². The Morgan fingerprint density at radius 2 is 1.73 bits per heavy atom. The molecule has 4 aromatic rings. The molecule has 0 spiro atoms. The van der Waals surface area contributed by atoms with Gasteiger partial charge in [-0.2, -0.15) is 5.10 Å². The molecule has 0 aliphatic heterocycles. The molecule has 12 heteroatoms. The Bertz CT molecular complexity index is 1370. The number of fused-ring (bicyclic) bond motifs is 1. The van der Waals surface area contributed by atoms with Crippen molar-refractivity contribution >= 4 is 38.3 Å². The highest BCUT2D eigenvalue weighted by Crippen LogP contribution is 2.38. The molecule has 3 N–H and O–H groups in total. The first-order valence-electron chi connectivity index (χ1n) is 9.92. The number of methoxy groups -OCH3 is 3. The van der Waals surface area contributed by atoms with Crippen LogP contribution < -0.4 is 24.2 Å². The van der Waals surface area contributed by atoms with E-state index in [-0.39, 0.29) is 22.2 Å². The van der Waals surface area contributed by atoms with Crippen LogP contribution in [0.2, 0.25) is 0 Å². The van der Waals surface area contributed by atoms with E-state index in [9.17, 15) is 8.42 Å². The maximum Gasteiger partial charge on any atom is 0.270 e. The smallest absolute Gasteiger partial charge is 0.270 e. The molecule has 2 aromatic carbocycles. The Hall–Kier alpha value is -3.93. The Balaban J connectivity index is 1.71. The van der Waals surface area contributed by atoms with E-state index in [0.717, 1.165) is 12.1 Å². The maximum absolute atomic E-state index is 13.2. The highest BCUT2D eigenvalue weighted by Gasteiger charge is 2.27. The predicted molar refractivity (Wildman–Crippen MR) is 122 cm³/mol. The third-order valence-electron chi connectivity index (χ3n) is 4.94. The Labute approximate surface area is 190 Å². The summed E-state index contributed by atoms with van der Waals surface area (Å²) < 4.78 is 50.1. The average molecular weight is 474 g/mol. The van der Waals surface area contributed by atoms with Crippen molar-refractivity contribution in [1.82, 2.24) is 15.4 Å². The molecule has 174 valence electrons. The van der Waals surface area contributed by atoms with Crippen molar-refractivity contribution in [3.05, 3.63) is 42.1 Å². The third kappa shape index (κ3) is 4.24. The highest BCUT2D eigenvalue weighted by molar-refractivity contribution is 7.93. The zero-order chi connectivity index (χ0) is 23.6. The van der Waals surface area contributed by atoms with Crippen LogP contribution in [-0.2, 0) is 16.4 Å². The minimum Gasteiger partial charge on any atom is -0.495 e. The van der Waals surface area contributed by atoms with Gasteiger partial charge in [-0.25, -0.2) is 8.42 Å². The van der Waals surface area contributed by atoms with Crippen molar-refractivity contribution in [2.75, 3.05) is 31.4 Å². The van der Waals surface area contributed by atoms with E-state index in [0.29, 0.717) is 28.2 Å². The molecule has 0 saturated carbocycles. The van der Waals surface area contributed by atoms with Crippen molar-refractivity contribution in [3.8, 4) is 17.2 Å². The van der Waals surface area contributed by atoms with Crippen LogP contribution in [0.1, 0.15) is 12.6 Å². The highest BCUT2D eigenvalue weighted by atomic mass is 32.2. The number of sulfonamides is 1. The van der Waals surface area contributed by atoms with Gasteiger partial charge >= 0.3 is 0 Å². The predicted octanol–water partition coefficient (Wildman–Crippen LogP) is 3.68. The van der Waals surface area contributed by atoms with Gasteiger partial charge in [0.2, 0.25) is 0 Å². The van der Waals surface area contributed by atoms with Gasteiger partial charge in [0.05, 0.1) is 38.1 Å². The first-order chi connectivity index (χ1) is 15.9. The summed E-state index contributed by atoms with van der Waals surface area (Å²) in [6, 6.07) is 9.85.